The molecule has 1 rings (SSSR count). The highest BCUT2D eigenvalue weighted by atomic mass is 79.9. The largest absolute Gasteiger partial charge is 0.467 e. The van der Waals surface area contributed by atoms with Gasteiger partial charge in [-0.15, -0.1) is 17.0 Å². The number of esters is 4. The molecule has 1 heterocycles. The normalized spacial score (nSPS) is 26.7. The van der Waals surface area contributed by atoms with Gasteiger partial charge >= 0.3 is 23.9 Å². The van der Waals surface area contributed by atoms with Crippen LogP contribution >= 0.6 is 28.7 Å². The third-order valence-corrected chi connectivity index (χ3v) is 3.94. The standard InChI is InChI=1S/C14H20N2O9S.BrH/c1-5(17)22-8-9(23-6(2)18)11(24-7(3)19)13(26-14(15)16)25-10(8)12(20)21-4;/h8-11,13H,1-4H3,(H3,15,16);1H. The second kappa shape index (κ2) is 11.1. The molecule has 0 spiro atoms. The van der Waals surface area contributed by atoms with Crippen molar-refractivity contribution >= 4 is 57.8 Å². The Morgan fingerprint density at radius 2 is 1.37 bits per heavy atom. The lowest BCUT2D eigenvalue weighted by Crippen LogP contribution is -2.62. The van der Waals surface area contributed by atoms with E-state index in [2.05, 4.69) is 4.74 Å². The molecule has 11 nitrogen and oxygen atoms in total. The maximum Gasteiger partial charge on any atom is 0.339 e. The quantitative estimate of drug-likeness (QED) is 0.237. The molecule has 0 radical (unpaired) electrons. The number of nitrogens with one attached hydrogen (secondary N) is 1. The predicted molar refractivity (Wildman–Crippen MR) is 97.2 cm³/mol. The lowest BCUT2D eigenvalue weighted by Gasteiger charge is -2.43. The number of hydrogen-bond acceptors (Lipinski definition) is 11. The molecule has 0 aromatic carbocycles. The molecule has 0 saturated carbocycles. The van der Waals surface area contributed by atoms with E-state index in [4.69, 9.17) is 30.1 Å². The van der Waals surface area contributed by atoms with E-state index in [9.17, 15) is 19.2 Å². The first-order valence-electron chi connectivity index (χ1n) is 7.32. The number of methoxy groups -OCH3 is 1. The molecule has 1 fully saturated rings. The summed E-state index contributed by atoms with van der Waals surface area (Å²) < 4.78 is 25.5. The van der Waals surface area contributed by atoms with Crippen LogP contribution in [0.3, 0.4) is 0 Å². The van der Waals surface area contributed by atoms with Crippen LogP contribution in [-0.2, 0) is 42.9 Å². The van der Waals surface area contributed by atoms with Gasteiger partial charge in [-0.3, -0.25) is 19.8 Å². The molecule has 13 heteroatoms. The van der Waals surface area contributed by atoms with Crippen molar-refractivity contribution in [3.63, 3.8) is 0 Å². The average Bonchev–Trinajstić information content (AvgIpc) is 2.50. The van der Waals surface area contributed by atoms with E-state index in [1.165, 1.54) is 0 Å². The average molecular weight is 473 g/mol. The predicted octanol–water partition coefficient (Wildman–Crippen LogP) is -0.116. The maximum atomic E-state index is 12.1. The summed E-state index contributed by atoms with van der Waals surface area (Å²) in [5, 5.41) is 7.00. The Balaban J connectivity index is 0.00000676. The number of rotatable bonds is 5. The Kier molecular flexibility index (Phi) is 10.3. The van der Waals surface area contributed by atoms with Crippen molar-refractivity contribution in [2.24, 2.45) is 5.73 Å². The molecular formula is C14H21BrN2O9S. The summed E-state index contributed by atoms with van der Waals surface area (Å²) in [6.45, 7) is 3.27. The zero-order valence-electron chi connectivity index (χ0n) is 15.0. The van der Waals surface area contributed by atoms with E-state index in [1.807, 2.05) is 0 Å². The van der Waals surface area contributed by atoms with Crippen LogP contribution in [0.15, 0.2) is 0 Å². The van der Waals surface area contributed by atoms with E-state index >= 15 is 0 Å². The van der Waals surface area contributed by atoms with Gasteiger partial charge in [0.2, 0.25) is 0 Å². The van der Waals surface area contributed by atoms with Gasteiger partial charge in [-0.05, 0) is 0 Å². The second-order valence-electron chi connectivity index (χ2n) is 5.15. The first kappa shape index (κ1) is 25.1. The lowest BCUT2D eigenvalue weighted by atomic mass is 9.99. The van der Waals surface area contributed by atoms with Crippen molar-refractivity contribution < 1.29 is 42.9 Å². The van der Waals surface area contributed by atoms with E-state index in [0.29, 0.717) is 11.8 Å². The van der Waals surface area contributed by atoms with Crippen LogP contribution in [0.25, 0.3) is 0 Å². The summed E-state index contributed by atoms with van der Waals surface area (Å²) in [4.78, 5) is 46.5. The summed E-state index contributed by atoms with van der Waals surface area (Å²) in [5.41, 5.74) is 4.17. The molecule has 1 aliphatic rings. The number of nitrogens with two attached hydrogens (primary N) is 1. The number of halogens is 1. The van der Waals surface area contributed by atoms with Crippen LogP contribution in [0.1, 0.15) is 20.8 Å². The SMILES string of the molecule is Br.COC(=O)C1OC(SC(=N)N)C(OC(C)=O)C(OC(C)=O)C1OC(C)=O. The minimum Gasteiger partial charge on any atom is -0.467 e. The topological polar surface area (TPSA) is 164 Å². The molecule has 1 saturated heterocycles. The van der Waals surface area contributed by atoms with Crippen molar-refractivity contribution in [2.45, 2.75) is 50.6 Å². The van der Waals surface area contributed by atoms with Crippen LogP contribution in [0.2, 0.25) is 0 Å². The summed E-state index contributed by atoms with van der Waals surface area (Å²) in [7, 11) is 1.09. The van der Waals surface area contributed by atoms with Gasteiger partial charge in [0.15, 0.2) is 35.0 Å². The Morgan fingerprint density at radius 1 is 0.926 bits per heavy atom. The molecule has 5 atom stereocenters. The number of carbonyl (C=O) groups is 4. The van der Waals surface area contributed by atoms with Gasteiger partial charge < -0.3 is 29.4 Å². The Morgan fingerprint density at radius 3 is 1.78 bits per heavy atom. The lowest BCUT2D eigenvalue weighted by molar-refractivity contribution is -0.234. The van der Waals surface area contributed by atoms with Crippen molar-refractivity contribution in [2.75, 3.05) is 7.11 Å². The third kappa shape index (κ3) is 7.34. The van der Waals surface area contributed by atoms with Crippen molar-refractivity contribution in [1.29, 1.82) is 5.41 Å². The van der Waals surface area contributed by atoms with Crippen LogP contribution in [-0.4, -0.2) is 66.0 Å². The first-order chi connectivity index (χ1) is 12.1. The molecule has 0 aromatic heterocycles. The molecule has 27 heavy (non-hydrogen) atoms. The maximum absolute atomic E-state index is 12.1. The minimum absolute atomic E-state index is 0. The summed E-state index contributed by atoms with van der Waals surface area (Å²) in [5.74, 6) is -3.22. The molecule has 3 N–H and O–H groups in total. The molecule has 0 aliphatic carbocycles. The molecule has 154 valence electrons. The highest BCUT2D eigenvalue weighted by Crippen LogP contribution is 2.34. The van der Waals surface area contributed by atoms with Crippen LogP contribution in [0.4, 0.5) is 0 Å². The van der Waals surface area contributed by atoms with Gasteiger partial charge in [-0.2, -0.15) is 0 Å². The van der Waals surface area contributed by atoms with Crippen molar-refractivity contribution in [3.05, 3.63) is 0 Å². The minimum atomic E-state index is -1.49. The molecular weight excluding hydrogens is 452 g/mol. The first-order valence-corrected chi connectivity index (χ1v) is 8.20. The van der Waals surface area contributed by atoms with Gasteiger partial charge in [-0.1, -0.05) is 11.8 Å². The van der Waals surface area contributed by atoms with Crippen LogP contribution < -0.4 is 5.73 Å². The number of thioether (sulfide) groups is 1. The van der Waals surface area contributed by atoms with E-state index in [1.54, 1.807) is 0 Å². The monoisotopic (exact) mass is 472 g/mol. The van der Waals surface area contributed by atoms with Gasteiger partial charge in [0.05, 0.1) is 7.11 Å². The Labute approximate surface area is 169 Å². The van der Waals surface area contributed by atoms with E-state index in [0.717, 1.165) is 27.9 Å². The smallest absolute Gasteiger partial charge is 0.339 e. The Bertz CT molecular complexity index is 603. The number of hydrogen-bond donors (Lipinski definition) is 2. The Hall–Kier alpha value is -1.86. The van der Waals surface area contributed by atoms with Crippen LogP contribution in [0.5, 0.6) is 0 Å². The number of amidine groups is 1. The van der Waals surface area contributed by atoms with E-state index < -0.39 is 58.9 Å². The van der Waals surface area contributed by atoms with Crippen molar-refractivity contribution in [1.82, 2.24) is 0 Å². The molecule has 0 aromatic rings. The fourth-order valence-electron chi connectivity index (χ4n) is 2.30. The highest BCUT2D eigenvalue weighted by Gasteiger charge is 2.55. The molecule has 0 amide bonds. The summed E-state index contributed by atoms with van der Waals surface area (Å²) in [6, 6.07) is 0. The van der Waals surface area contributed by atoms with E-state index in [-0.39, 0.29) is 17.0 Å². The van der Waals surface area contributed by atoms with Gasteiger partial charge in [0.1, 0.15) is 0 Å². The second-order valence-corrected chi connectivity index (χ2v) is 6.29. The van der Waals surface area contributed by atoms with Gasteiger partial charge in [0.25, 0.3) is 0 Å². The zero-order chi connectivity index (χ0) is 20.0. The fourth-order valence-corrected chi connectivity index (χ4v) is 3.07. The van der Waals surface area contributed by atoms with Gasteiger partial charge in [0, 0.05) is 20.8 Å². The summed E-state index contributed by atoms with van der Waals surface area (Å²) in [6.07, 6.45) is -5.60. The third-order valence-electron chi connectivity index (χ3n) is 3.08. The molecule has 5 unspecified atom stereocenters. The summed E-state index contributed by atoms with van der Waals surface area (Å²) >= 11 is 0.631. The van der Waals surface area contributed by atoms with Crippen LogP contribution in [0, 0.1) is 5.41 Å². The fraction of sp³-hybridized carbons (Fsp3) is 0.643. The molecule has 1 aliphatic heterocycles. The number of ether oxygens (including phenoxy) is 5. The highest BCUT2D eigenvalue weighted by molar-refractivity contribution is 8.93. The number of carbonyl (C=O) groups excluding carboxylic acids is 4. The molecule has 0 bridgehead atoms. The van der Waals surface area contributed by atoms with Crippen molar-refractivity contribution in [3.8, 4) is 0 Å². The van der Waals surface area contributed by atoms with Gasteiger partial charge in [-0.25, -0.2) is 4.79 Å². The zero-order valence-corrected chi connectivity index (χ0v) is 17.5.